The molecular formula is C22H24N6S2. The zero-order valence-electron chi connectivity index (χ0n) is 16.7. The van der Waals surface area contributed by atoms with Crippen LogP contribution in [0.4, 0.5) is 0 Å². The van der Waals surface area contributed by atoms with Gasteiger partial charge in [0.2, 0.25) is 0 Å². The first-order valence-corrected chi connectivity index (χ1v) is 12.4. The van der Waals surface area contributed by atoms with Gasteiger partial charge in [0.15, 0.2) is 10.0 Å². The molecule has 1 saturated carbocycles. The van der Waals surface area contributed by atoms with Crippen LogP contribution < -0.4 is 5.32 Å². The highest BCUT2D eigenvalue weighted by Gasteiger charge is 2.25. The Morgan fingerprint density at radius 2 is 1.67 bits per heavy atom. The van der Waals surface area contributed by atoms with E-state index in [1.807, 2.05) is 24.8 Å². The summed E-state index contributed by atoms with van der Waals surface area (Å²) in [4.78, 5) is 24.5. The Kier molecular flexibility index (Phi) is 4.85. The van der Waals surface area contributed by atoms with E-state index in [-0.39, 0.29) is 0 Å². The van der Waals surface area contributed by atoms with Crippen molar-refractivity contribution < 1.29 is 0 Å². The molecule has 6 nitrogen and oxygen atoms in total. The summed E-state index contributed by atoms with van der Waals surface area (Å²) in [5.74, 6) is 1.73. The molecule has 0 amide bonds. The molecule has 1 aliphatic carbocycles. The Morgan fingerprint density at radius 3 is 2.47 bits per heavy atom. The smallest absolute Gasteiger partial charge is 0.152 e. The van der Waals surface area contributed by atoms with Gasteiger partial charge in [-0.15, -0.1) is 22.7 Å². The molecule has 5 heterocycles. The summed E-state index contributed by atoms with van der Waals surface area (Å²) in [5, 5.41) is 5.49. The molecule has 154 valence electrons. The van der Waals surface area contributed by atoms with Gasteiger partial charge in [-0.25, -0.2) is 15.0 Å². The number of nitrogens with one attached hydrogen (secondary N) is 2. The molecule has 0 unspecified atom stereocenters. The Hall–Kier alpha value is -2.16. The second kappa shape index (κ2) is 7.83. The predicted octanol–water partition coefficient (Wildman–Crippen LogP) is 5.25. The summed E-state index contributed by atoms with van der Waals surface area (Å²) < 4.78 is 0. The Morgan fingerprint density at radius 1 is 0.867 bits per heavy atom. The van der Waals surface area contributed by atoms with Crippen LogP contribution in [0.15, 0.2) is 29.8 Å². The van der Waals surface area contributed by atoms with Gasteiger partial charge in [-0.1, -0.05) is 12.8 Å². The number of H-pyrrole nitrogens is 1. The van der Waals surface area contributed by atoms with E-state index in [9.17, 15) is 0 Å². The second-order valence-electron chi connectivity index (χ2n) is 8.32. The number of imidazole rings is 1. The minimum absolute atomic E-state index is 0.455. The van der Waals surface area contributed by atoms with Crippen molar-refractivity contribution >= 4 is 34.0 Å². The topological polar surface area (TPSA) is 78.8 Å². The third kappa shape index (κ3) is 3.46. The van der Waals surface area contributed by atoms with Gasteiger partial charge >= 0.3 is 0 Å². The second-order valence-corrected chi connectivity index (χ2v) is 10.4. The van der Waals surface area contributed by atoms with Crippen LogP contribution in [-0.4, -0.2) is 38.2 Å². The number of allylic oxidation sites excluding steroid dienone is 1. The van der Waals surface area contributed by atoms with Crippen molar-refractivity contribution in [3.63, 3.8) is 0 Å². The van der Waals surface area contributed by atoms with Gasteiger partial charge in [-0.3, -0.25) is 4.99 Å². The predicted molar refractivity (Wildman–Crippen MR) is 123 cm³/mol. The van der Waals surface area contributed by atoms with E-state index < -0.39 is 0 Å². The maximum absolute atomic E-state index is 4.68. The van der Waals surface area contributed by atoms with Gasteiger partial charge in [-0.2, -0.15) is 0 Å². The average molecular weight is 437 g/mol. The van der Waals surface area contributed by atoms with E-state index in [1.54, 1.807) is 22.7 Å². The maximum Gasteiger partial charge on any atom is 0.152 e. The number of nitrogens with zero attached hydrogens (tertiary/aromatic N) is 4. The molecular weight excluding hydrogens is 412 g/mol. The molecule has 6 rings (SSSR count). The molecule has 2 N–H and O–H groups in total. The van der Waals surface area contributed by atoms with Crippen LogP contribution in [0.25, 0.3) is 26.2 Å². The van der Waals surface area contributed by atoms with Crippen LogP contribution in [0.3, 0.4) is 0 Å². The number of aliphatic imine (C=N–C) groups is 1. The lowest BCUT2D eigenvalue weighted by molar-refractivity contribution is 0.679. The average Bonchev–Trinajstić information content (AvgIpc) is 3.62. The van der Waals surface area contributed by atoms with Crippen molar-refractivity contribution in [2.45, 2.75) is 56.9 Å². The van der Waals surface area contributed by atoms with Crippen molar-refractivity contribution in [2.75, 3.05) is 6.54 Å². The van der Waals surface area contributed by atoms with Crippen molar-refractivity contribution in [3.05, 3.63) is 35.5 Å². The number of aromatic amines is 1. The molecule has 3 aromatic heterocycles. The quantitative estimate of drug-likeness (QED) is 0.572. The molecule has 30 heavy (non-hydrogen) atoms. The molecule has 2 aliphatic heterocycles. The number of rotatable bonds is 5. The van der Waals surface area contributed by atoms with Crippen LogP contribution in [-0.2, 0) is 0 Å². The number of hydrogen-bond acceptors (Lipinski definition) is 7. The highest BCUT2D eigenvalue weighted by atomic mass is 32.1. The fourth-order valence-corrected chi connectivity index (χ4v) is 6.51. The first-order chi connectivity index (χ1) is 14.8. The van der Waals surface area contributed by atoms with E-state index in [1.165, 1.54) is 54.7 Å². The van der Waals surface area contributed by atoms with E-state index in [2.05, 4.69) is 30.2 Å². The molecule has 3 aromatic rings. The summed E-state index contributed by atoms with van der Waals surface area (Å²) >= 11 is 3.39. The molecule has 1 saturated heterocycles. The zero-order valence-corrected chi connectivity index (χ0v) is 18.4. The fourth-order valence-electron chi connectivity index (χ4n) is 4.67. The van der Waals surface area contributed by atoms with Crippen molar-refractivity contribution in [2.24, 2.45) is 4.99 Å². The molecule has 1 atom stereocenters. The fraction of sp³-hybridized carbons (Fsp3) is 0.455. The highest BCUT2D eigenvalue weighted by molar-refractivity contribution is 7.23. The largest absolute Gasteiger partial charge is 0.341 e. The van der Waals surface area contributed by atoms with Crippen LogP contribution in [0.1, 0.15) is 61.6 Å². The molecule has 0 radical (unpaired) electrons. The summed E-state index contributed by atoms with van der Waals surface area (Å²) in [5.41, 5.74) is 3.61. The molecule has 3 aliphatic rings. The normalized spacial score (nSPS) is 22.1. The molecule has 0 spiro atoms. The monoisotopic (exact) mass is 436 g/mol. The first-order valence-electron chi connectivity index (χ1n) is 10.8. The lowest BCUT2D eigenvalue weighted by atomic mass is 10.0. The molecule has 8 heteroatoms. The lowest BCUT2D eigenvalue weighted by Gasteiger charge is -2.09. The van der Waals surface area contributed by atoms with E-state index in [0.717, 1.165) is 39.4 Å². The lowest BCUT2D eigenvalue weighted by Crippen LogP contribution is -2.29. The summed E-state index contributed by atoms with van der Waals surface area (Å²) in [6.45, 7) is 1.11. The number of aromatic nitrogens is 4. The van der Waals surface area contributed by atoms with E-state index in [0.29, 0.717) is 12.0 Å². The number of thiazole rings is 2. The summed E-state index contributed by atoms with van der Waals surface area (Å²) in [6.07, 6.45) is 16.4. The third-order valence-electron chi connectivity index (χ3n) is 6.33. The van der Waals surface area contributed by atoms with Gasteiger partial charge in [0.25, 0.3) is 0 Å². The maximum atomic E-state index is 4.68. The molecule has 0 bridgehead atoms. The van der Waals surface area contributed by atoms with Gasteiger partial charge in [0, 0.05) is 42.7 Å². The Bertz CT molecular complexity index is 1110. The van der Waals surface area contributed by atoms with Gasteiger partial charge < -0.3 is 10.3 Å². The van der Waals surface area contributed by atoms with Crippen LogP contribution in [0.5, 0.6) is 0 Å². The Labute approximate surface area is 183 Å². The minimum atomic E-state index is 0.455. The van der Waals surface area contributed by atoms with Crippen LogP contribution in [0.2, 0.25) is 0 Å². The van der Waals surface area contributed by atoms with Gasteiger partial charge in [-0.05, 0) is 37.8 Å². The number of hydrogen-bond donors (Lipinski definition) is 2. The van der Waals surface area contributed by atoms with Crippen molar-refractivity contribution in [1.29, 1.82) is 0 Å². The standard InChI is InChI=1S/C22H24N6S2/c1-2-5-13(4-1)20-25-10-17(28-20)19-12-27-22(30-19)21-26-11-18(29-21)14-8-16(24-9-14)15-6-3-7-23-15/h9-13,15,23H,1-8H2,(H,25,28)/t15-/m0/s1. The zero-order chi connectivity index (χ0) is 19.9. The van der Waals surface area contributed by atoms with Gasteiger partial charge in [0.05, 0.1) is 21.6 Å². The molecule has 0 aromatic carbocycles. The van der Waals surface area contributed by atoms with Crippen LogP contribution >= 0.6 is 22.7 Å². The van der Waals surface area contributed by atoms with Crippen molar-refractivity contribution in [1.82, 2.24) is 25.3 Å². The van der Waals surface area contributed by atoms with E-state index >= 15 is 0 Å². The van der Waals surface area contributed by atoms with Gasteiger partial charge in [0.1, 0.15) is 5.82 Å². The van der Waals surface area contributed by atoms with E-state index in [4.69, 9.17) is 0 Å². The minimum Gasteiger partial charge on any atom is -0.341 e. The first kappa shape index (κ1) is 18.6. The van der Waals surface area contributed by atoms with Crippen molar-refractivity contribution in [3.8, 4) is 20.6 Å². The molecule has 2 fully saturated rings. The Balaban J connectivity index is 1.16. The third-order valence-corrected chi connectivity index (χ3v) is 8.58. The highest BCUT2D eigenvalue weighted by Crippen LogP contribution is 2.38. The summed E-state index contributed by atoms with van der Waals surface area (Å²) in [7, 11) is 0. The summed E-state index contributed by atoms with van der Waals surface area (Å²) in [6, 6.07) is 0.455. The van der Waals surface area contributed by atoms with Crippen LogP contribution in [0, 0.1) is 0 Å². The SMILES string of the molecule is C1=C(c2cnc(-c3ncc(-c4cnc(C5CCCC5)[nH]4)s3)s2)CC([C@@H]2CCCN2)=N1.